The van der Waals surface area contributed by atoms with Crippen molar-refractivity contribution in [3.8, 4) is 11.3 Å². The Morgan fingerprint density at radius 2 is 2.11 bits per heavy atom. The third-order valence-corrected chi connectivity index (χ3v) is 4.86. The van der Waals surface area contributed by atoms with Crippen molar-refractivity contribution in [3.63, 3.8) is 0 Å². The van der Waals surface area contributed by atoms with E-state index in [4.69, 9.17) is 27.3 Å². The van der Waals surface area contributed by atoms with Gasteiger partial charge in [-0.15, -0.1) is 0 Å². The first-order chi connectivity index (χ1) is 13.5. The van der Waals surface area contributed by atoms with Crippen LogP contribution in [0.2, 0.25) is 5.02 Å². The van der Waals surface area contributed by atoms with Crippen molar-refractivity contribution >= 4 is 28.8 Å². The summed E-state index contributed by atoms with van der Waals surface area (Å²) in [5, 5.41) is 16.8. The second-order valence-corrected chi connectivity index (χ2v) is 7.58. The number of anilines is 2. The Bertz CT molecular complexity index is 1030. The quantitative estimate of drug-likeness (QED) is 0.529. The van der Waals surface area contributed by atoms with E-state index in [2.05, 4.69) is 20.4 Å². The van der Waals surface area contributed by atoms with Gasteiger partial charge in [0, 0.05) is 18.2 Å². The molecule has 1 fully saturated rings. The van der Waals surface area contributed by atoms with Gasteiger partial charge in [-0.1, -0.05) is 22.8 Å². The van der Waals surface area contributed by atoms with Gasteiger partial charge in [0.25, 0.3) is 0 Å². The van der Waals surface area contributed by atoms with Crippen LogP contribution in [0.5, 0.6) is 0 Å². The van der Waals surface area contributed by atoms with E-state index < -0.39 is 0 Å². The maximum Gasteiger partial charge on any atom is 0.149 e. The summed E-state index contributed by atoms with van der Waals surface area (Å²) in [6, 6.07) is 5.74. The topological polar surface area (TPSA) is 114 Å². The van der Waals surface area contributed by atoms with Crippen LogP contribution < -0.4 is 11.1 Å². The molecule has 0 saturated heterocycles. The van der Waals surface area contributed by atoms with Gasteiger partial charge in [-0.25, -0.2) is 4.98 Å². The van der Waals surface area contributed by atoms with Crippen molar-refractivity contribution < 1.29 is 4.52 Å². The Balaban J connectivity index is 1.88. The van der Waals surface area contributed by atoms with E-state index in [-0.39, 0.29) is 17.6 Å². The Labute approximate surface area is 167 Å². The van der Waals surface area contributed by atoms with E-state index in [9.17, 15) is 0 Å². The molecule has 28 heavy (non-hydrogen) atoms. The Morgan fingerprint density at radius 1 is 1.32 bits per heavy atom. The van der Waals surface area contributed by atoms with Crippen molar-refractivity contribution in [2.45, 2.75) is 38.6 Å². The van der Waals surface area contributed by atoms with E-state index in [1.807, 2.05) is 32.0 Å². The van der Waals surface area contributed by atoms with Crippen LogP contribution in [0.4, 0.5) is 11.5 Å². The molecule has 3 aromatic heterocycles. The lowest BCUT2D eigenvalue weighted by molar-refractivity contribution is 0.384. The molecule has 3 heterocycles. The molecule has 0 aromatic carbocycles. The minimum atomic E-state index is 0.0976. The summed E-state index contributed by atoms with van der Waals surface area (Å²) < 4.78 is 5.66. The normalized spacial score (nSPS) is 13.7. The van der Waals surface area contributed by atoms with Gasteiger partial charge in [-0.05, 0) is 38.8 Å². The number of pyridine rings is 2. The van der Waals surface area contributed by atoms with Gasteiger partial charge < -0.3 is 15.6 Å². The van der Waals surface area contributed by atoms with Gasteiger partial charge in [0.05, 0.1) is 39.4 Å². The van der Waals surface area contributed by atoms with E-state index in [1.54, 1.807) is 6.20 Å². The molecule has 1 aliphatic carbocycles. The Kier molecular flexibility index (Phi) is 4.77. The number of aromatic nitrogens is 3. The van der Waals surface area contributed by atoms with Crippen LogP contribution >= 0.6 is 11.6 Å². The molecule has 0 atom stereocenters. The number of nitrogens with two attached hydrogens (primary N) is 1. The van der Waals surface area contributed by atoms with Crippen LogP contribution in [0.15, 0.2) is 35.1 Å². The maximum atomic E-state index is 8.89. The summed E-state index contributed by atoms with van der Waals surface area (Å²) in [5.41, 5.74) is 9.08. The highest BCUT2D eigenvalue weighted by molar-refractivity contribution is 6.35. The number of nitrogens with zero attached hydrogens (tertiary/aromatic N) is 3. The zero-order chi connectivity index (χ0) is 19.8. The SMILES string of the molecule is CC(C)Nc1c(Cl)cnc(N)c1C(=N)c1noc(C2CC2)c1-c1ccccn1. The molecule has 4 rings (SSSR count). The van der Waals surface area contributed by atoms with Gasteiger partial charge in [0.15, 0.2) is 0 Å². The molecule has 1 aliphatic rings. The van der Waals surface area contributed by atoms with Crippen LogP contribution in [-0.2, 0) is 0 Å². The largest absolute Gasteiger partial charge is 0.383 e. The Morgan fingerprint density at radius 3 is 2.75 bits per heavy atom. The molecule has 3 aromatic rings. The van der Waals surface area contributed by atoms with Crippen LogP contribution in [0.25, 0.3) is 11.3 Å². The fraction of sp³-hybridized carbons (Fsp3) is 0.300. The molecule has 0 bridgehead atoms. The molecular weight excluding hydrogens is 376 g/mol. The Hall–Kier alpha value is -2.93. The molecule has 144 valence electrons. The molecule has 0 radical (unpaired) electrons. The summed E-state index contributed by atoms with van der Waals surface area (Å²) in [6.07, 6.45) is 5.29. The fourth-order valence-electron chi connectivity index (χ4n) is 3.16. The van der Waals surface area contributed by atoms with Crippen molar-refractivity contribution in [1.29, 1.82) is 5.41 Å². The molecule has 0 unspecified atom stereocenters. The van der Waals surface area contributed by atoms with Gasteiger partial charge in [-0.3, -0.25) is 10.4 Å². The minimum absolute atomic E-state index is 0.0976. The predicted octanol–water partition coefficient (Wildman–Crippen LogP) is 4.48. The lowest BCUT2D eigenvalue weighted by Gasteiger charge is -2.18. The predicted molar refractivity (Wildman–Crippen MR) is 110 cm³/mol. The van der Waals surface area contributed by atoms with Crippen molar-refractivity contribution in [3.05, 3.63) is 52.6 Å². The van der Waals surface area contributed by atoms with Gasteiger partial charge in [-0.2, -0.15) is 0 Å². The molecule has 0 amide bonds. The van der Waals surface area contributed by atoms with Gasteiger partial charge in [0.1, 0.15) is 17.3 Å². The number of nitrogens with one attached hydrogen (secondary N) is 2. The van der Waals surface area contributed by atoms with Crippen molar-refractivity contribution in [2.75, 3.05) is 11.1 Å². The van der Waals surface area contributed by atoms with Crippen LogP contribution in [0.3, 0.4) is 0 Å². The average Bonchev–Trinajstić information content (AvgIpc) is 3.43. The number of nitrogen functional groups attached to an aromatic ring is 1. The molecule has 1 saturated carbocycles. The second kappa shape index (κ2) is 7.24. The van der Waals surface area contributed by atoms with E-state index >= 15 is 0 Å². The van der Waals surface area contributed by atoms with Crippen molar-refractivity contribution in [2.24, 2.45) is 0 Å². The monoisotopic (exact) mass is 396 g/mol. The smallest absolute Gasteiger partial charge is 0.149 e. The first kappa shape index (κ1) is 18.4. The molecule has 4 N–H and O–H groups in total. The summed E-state index contributed by atoms with van der Waals surface area (Å²) >= 11 is 6.37. The maximum absolute atomic E-state index is 8.89. The van der Waals surface area contributed by atoms with Crippen LogP contribution in [-0.4, -0.2) is 26.9 Å². The lowest BCUT2D eigenvalue weighted by Crippen LogP contribution is -2.17. The van der Waals surface area contributed by atoms with E-state index in [0.717, 1.165) is 29.9 Å². The second-order valence-electron chi connectivity index (χ2n) is 7.18. The number of hydrogen-bond acceptors (Lipinski definition) is 7. The zero-order valence-electron chi connectivity index (χ0n) is 15.7. The third kappa shape index (κ3) is 3.33. The highest BCUT2D eigenvalue weighted by Gasteiger charge is 2.35. The van der Waals surface area contributed by atoms with E-state index in [1.165, 1.54) is 6.20 Å². The van der Waals surface area contributed by atoms with Crippen molar-refractivity contribution in [1.82, 2.24) is 15.1 Å². The van der Waals surface area contributed by atoms with Crippen LogP contribution in [0, 0.1) is 5.41 Å². The summed E-state index contributed by atoms with van der Waals surface area (Å²) in [6.45, 7) is 3.97. The molecule has 0 spiro atoms. The first-order valence-electron chi connectivity index (χ1n) is 9.18. The van der Waals surface area contributed by atoms with Gasteiger partial charge in [0.2, 0.25) is 0 Å². The molecule has 0 aliphatic heterocycles. The standard InChI is InChI=1S/C20H21ClN6O/c1-10(2)26-17-12(21)9-25-20(23)15(17)16(22)18-14(13-5-3-4-8-24-13)19(28-27-18)11-6-7-11/h3-5,8-11,22H,6-7H2,1-2H3,(H3,23,25,26). The summed E-state index contributed by atoms with van der Waals surface area (Å²) in [5.74, 6) is 1.29. The number of rotatable bonds is 6. The summed E-state index contributed by atoms with van der Waals surface area (Å²) in [7, 11) is 0. The molecule has 8 heteroatoms. The molecule has 7 nitrogen and oxygen atoms in total. The zero-order valence-corrected chi connectivity index (χ0v) is 16.4. The number of hydrogen-bond donors (Lipinski definition) is 3. The summed E-state index contributed by atoms with van der Waals surface area (Å²) in [4.78, 5) is 8.60. The van der Waals surface area contributed by atoms with Crippen LogP contribution in [0.1, 0.15) is 49.6 Å². The van der Waals surface area contributed by atoms with Gasteiger partial charge >= 0.3 is 0 Å². The number of halogens is 1. The third-order valence-electron chi connectivity index (χ3n) is 4.57. The molecular formula is C20H21ClN6O. The highest BCUT2D eigenvalue weighted by atomic mass is 35.5. The highest BCUT2D eigenvalue weighted by Crippen LogP contribution is 2.46. The lowest BCUT2D eigenvalue weighted by atomic mass is 9.98. The minimum Gasteiger partial charge on any atom is -0.383 e. The first-order valence-corrected chi connectivity index (χ1v) is 9.56. The van der Waals surface area contributed by atoms with E-state index in [0.29, 0.717) is 27.9 Å². The average molecular weight is 397 g/mol. The fourth-order valence-corrected chi connectivity index (χ4v) is 3.36.